The molecule has 2 aliphatic carbocycles. The summed E-state index contributed by atoms with van der Waals surface area (Å²) in [6.45, 7) is 0. The minimum absolute atomic E-state index is 0.169. The van der Waals surface area contributed by atoms with Gasteiger partial charge in [0, 0.05) is 16.5 Å². The molecule has 1 fully saturated rings. The van der Waals surface area contributed by atoms with E-state index >= 15 is 0 Å². The van der Waals surface area contributed by atoms with E-state index in [1.54, 1.807) is 0 Å². The molecule has 0 amide bonds. The smallest absolute Gasteiger partial charge is 0.258 e. The number of fused-ring (bicyclic) bond motifs is 2. The van der Waals surface area contributed by atoms with Crippen molar-refractivity contribution in [2.75, 3.05) is 0 Å². The zero-order valence-electron chi connectivity index (χ0n) is 11.7. The molecule has 3 nitrogen and oxygen atoms in total. The summed E-state index contributed by atoms with van der Waals surface area (Å²) in [7, 11) is 0. The average molecular weight is 338 g/mol. The Bertz CT molecular complexity index is 536. The molecule has 0 bridgehead atoms. The first-order valence-electron chi connectivity index (χ1n) is 7.53. The van der Waals surface area contributed by atoms with Crippen LogP contribution in [0.5, 0.6) is 0 Å². The Labute approximate surface area is 128 Å². The van der Waals surface area contributed by atoms with Crippen molar-refractivity contribution in [3.8, 4) is 0 Å². The van der Waals surface area contributed by atoms with E-state index in [9.17, 15) is 10.1 Å². The Kier molecular flexibility index (Phi) is 3.85. The number of rotatable bonds is 2. The molecule has 0 N–H and O–H groups in total. The first-order valence-corrected chi connectivity index (χ1v) is 8.66. The molecule has 108 valence electrons. The van der Waals surface area contributed by atoms with Crippen LogP contribution in [0.15, 0.2) is 12.1 Å². The number of nitrogens with zero attached hydrogens (tertiary/aromatic N) is 1. The van der Waals surface area contributed by atoms with E-state index in [1.165, 1.54) is 44.1 Å². The minimum atomic E-state index is -0.169. The van der Waals surface area contributed by atoms with Crippen molar-refractivity contribution < 1.29 is 4.92 Å². The largest absolute Gasteiger partial charge is 0.276 e. The van der Waals surface area contributed by atoms with Crippen LogP contribution in [0, 0.1) is 10.1 Å². The highest BCUT2D eigenvalue weighted by Gasteiger charge is 2.40. The van der Waals surface area contributed by atoms with Gasteiger partial charge >= 0.3 is 0 Å². The number of hydrogen-bond donors (Lipinski definition) is 0. The molecule has 0 saturated heterocycles. The SMILES string of the molecule is O=[N+]([O-])c1c(CBr)ccc2c1CCCC21CCCCC1. The van der Waals surface area contributed by atoms with Crippen molar-refractivity contribution >= 4 is 21.6 Å². The molecule has 3 rings (SSSR count). The van der Waals surface area contributed by atoms with Crippen LogP contribution >= 0.6 is 15.9 Å². The van der Waals surface area contributed by atoms with Gasteiger partial charge in [0.05, 0.1) is 4.92 Å². The standard InChI is InChI=1S/C16H20BrNO2/c17-11-12-6-7-14-13(15(12)18(19)20)5-4-10-16(14)8-2-1-3-9-16/h6-7H,1-5,8-11H2. The van der Waals surface area contributed by atoms with Gasteiger partial charge in [-0.25, -0.2) is 0 Å². The van der Waals surface area contributed by atoms with Gasteiger partial charge < -0.3 is 0 Å². The number of nitro groups is 1. The quantitative estimate of drug-likeness (QED) is 0.431. The number of nitro benzene ring substituents is 1. The molecule has 0 unspecified atom stereocenters. The van der Waals surface area contributed by atoms with E-state index in [0.29, 0.717) is 11.0 Å². The summed E-state index contributed by atoms with van der Waals surface area (Å²) in [6.07, 6.45) is 9.47. The predicted octanol–water partition coefficient (Wildman–Crippen LogP) is 5.03. The maximum absolute atomic E-state index is 11.5. The van der Waals surface area contributed by atoms with E-state index < -0.39 is 0 Å². The molecule has 20 heavy (non-hydrogen) atoms. The summed E-state index contributed by atoms with van der Waals surface area (Å²) < 4.78 is 0. The van der Waals surface area contributed by atoms with Crippen LogP contribution < -0.4 is 0 Å². The van der Waals surface area contributed by atoms with Gasteiger partial charge in [-0.15, -0.1) is 0 Å². The zero-order valence-corrected chi connectivity index (χ0v) is 13.2. The van der Waals surface area contributed by atoms with Crippen LogP contribution in [-0.4, -0.2) is 4.92 Å². The molecule has 0 radical (unpaired) electrons. The van der Waals surface area contributed by atoms with Gasteiger partial charge in [0.1, 0.15) is 0 Å². The number of benzene rings is 1. The maximum atomic E-state index is 11.5. The topological polar surface area (TPSA) is 43.1 Å². The lowest BCUT2D eigenvalue weighted by molar-refractivity contribution is -0.386. The third-order valence-electron chi connectivity index (χ3n) is 5.16. The Balaban J connectivity index is 2.15. The molecule has 0 aromatic heterocycles. The van der Waals surface area contributed by atoms with E-state index in [2.05, 4.69) is 22.0 Å². The Morgan fingerprint density at radius 3 is 2.50 bits per heavy atom. The summed E-state index contributed by atoms with van der Waals surface area (Å²) in [5, 5.41) is 12.1. The van der Waals surface area contributed by atoms with Crippen molar-refractivity contribution in [1.29, 1.82) is 0 Å². The second-order valence-electron chi connectivity index (χ2n) is 6.18. The first-order chi connectivity index (χ1) is 9.68. The fraction of sp³-hybridized carbons (Fsp3) is 0.625. The molecular formula is C16H20BrNO2. The highest BCUT2D eigenvalue weighted by Crippen LogP contribution is 2.49. The molecule has 1 saturated carbocycles. The highest BCUT2D eigenvalue weighted by atomic mass is 79.9. The third kappa shape index (κ3) is 2.18. The number of alkyl halides is 1. The average Bonchev–Trinajstić information content (AvgIpc) is 2.47. The Morgan fingerprint density at radius 2 is 1.85 bits per heavy atom. The van der Waals surface area contributed by atoms with Crippen molar-refractivity contribution in [3.05, 3.63) is 38.9 Å². The molecule has 1 aromatic carbocycles. The van der Waals surface area contributed by atoms with Gasteiger partial charge in [-0.2, -0.15) is 0 Å². The summed E-state index contributed by atoms with van der Waals surface area (Å²) in [6, 6.07) is 4.15. The molecule has 1 aromatic rings. The van der Waals surface area contributed by atoms with Crippen molar-refractivity contribution in [1.82, 2.24) is 0 Å². The van der Waals surface area contributed by atoms with Gasteiger partial charge in [-0.05, 0) is 43.1 Å². The van der Waals surface area contributed by atoms with E-state index in [1.807, 2.05) is 6.07 Å². The predicted molar refractivity (Wildman–Crippen MR) is 83.4 cm³/mol. The minimum Gasteiger partial charge on any atom is -0.258 e. The fourth-order valence-electron chi connectivity index (χ4n) is 4.26. The Morgan fingerprint density at radius 1 is 1.15 bits per heavy atom. The summed E-state index contributed by atoms with van der Waals surface area (Å²) in [5.74, 6) is 0. The highest BCUT2D eigenvalue weighted by molar-refractivity contribution is 9.08. The van der Waals surface area contributed by atoms with E-state index in [4.69, 9.17) is 0 Å². The normalized spacial score (nSPS) is 20.6. The van der Waals surface area contributed by atoms with E-state index in [-0.39, 0.29) is 10.3 Å². The van der Waals surface area contributed by atoms with Crippen molar-refractivity contribution in [2.24, 2.45) is 0 Å². The molecule has 1 spiro atoms. The molecule has 0 aliphatic heterocycles. The molecule has 0 heterocycles. The van der Waals surface area contributed by atoms with Crippen LogP contribution in [0.1, 0.15) is 61.6 Å². The van der Waals surface area contributed by atoms with Crippen molar-refractivity contribution in [3.63, 3.8) is 0 Å². The monoisotopic (exact) mass is 337 g/mol. The van der Waals surface area contributed by atoms with Crippen LogP contribution in [-0.2, 0) is 17.2 Å². The molecule has 4 heteroatoms. The second-order valence-corrected chi connectivity index (χ2v) is 6.75. The van der Waals surface area contributed by atoms with Gasteiger partial charge in [0.15, 0.2) is 0 Å². The van der Waals surface area contributed by atoms with Gasteiger partial charge in [-0.3, -0.25) is 10.1 Å². The summed E-state index contributed by atoms with van der Waals surface area (Å²) in [5.41, 5.74) is 3.76. The van der Waals surface area contributed by atoms with Crippen LogP contribution in [0.4, 0.5) is 5.69 Å². The van der Waals surface area contributed by atoms with Crippen LogP contribution in [0.3, 0.4) is 0 Å². The van der Waals surface area contributed by atoms with Crippen molar-refractivity contribution in [2.45, 2.75) is 62.1 Å². The van der Waals surface area contributed by atoms with E-state index in [0.717, 1.165) is 24.0 Å². The number of halogens is 1. The van der Waals surface area contributed by atoms with Crippen LogP contribution in [0.2, 0.25) is 0 Å². The summed E-state index contributed by atoms with van der Waals surface area (Å²) >= 11 is 3.39. The number of hydrogen-bond acceptors (Lipinski definition) is 2. The Hall–Kier alpha value is -0.900. The molecule has 2 aliphatic rings. The first kappa shape index (κ1) is 14.1. The molecule has 0 atom stereocenters. The summed E-state index contributed by atoms with van der Waals surface area (Å²) in [4.78, 5) is 11.3. The molecular weight excluding hydrogens is 318 g/mol. The lowest BCUT2D eigenvalue weighted by Crippen LogP contribution is -2.33. The second kappa shape index (κ2) is 5.47. The van der Waals surface area contributed by atoms with Gasteiger partial charge in [-0.1, -0.05) is 47.3 Å². The van der Waals surface area contributed by atoms with Crippen LogP contribution in [0.25, 0.3) is 0 Å². The zero-order chi connectivity index (χ0) is 14.2. The maximum Gasteiger partial charge on any atom is 0.276 e. The fourth-order valence-corrected chi connectivity index (χ4v) is 4.71. The third-order valence-corrected chi connectivity index (χ3v) is 5.76. The van der Waals surface area contributed by atoms with Gasteiger partial charge in [0.2, 0.25) is 0 Å². The van der Waals surface area contributed by atoms with Gasteiger partial charge in [0.25, 0.3) is 5.69 Å². The lowest BCUT2D eigenvalue weighted by Gasteiger charge is -2.42. The lowest BCUT2D eigenvalue weighted by atomic mass is 9.62.